The summed E-state index contributed by atoms with van der Waals surface area (Å²) in [4.78, 5) is 8.36. The largest absolute Gasteiger partial charge is 0.384 e. The lowest BCUT2D eigenvalue weighted by Crippen LogP contribution is -2.25. The van der Waals surface area contributed by atoms with Gasteiger partial charge in [-0.15, -0.1) is 0 Å². The fraction of sp³-hybridized carbons (Fsp3) is 0.667. The Morgan fingerprint density at radius 1 is 1.50 bits per heavy atom. The molecule has 2 rings (SSSR count). The fourth-order valence-corrected chi connectivity index (χ4v) is 2.64. The lowest BCUT2D eigenvalue weighted by atomic mass is 9.94. The Morgan fingerprint density at radius 3 is 2.94 bits per heavy atom. The van der Waals surface area contributed by atoms with Crippen LogP contribution in [-0.2, 0) is 0 Å². The molecule has 3 unspecified atom stereocenters. The van der Waals surface area contributed by atoms with Crippen molar-refractivity contribution in [1.82, 2.24) is 9.97 Å². The van der Waals surface area contributed by atoms with Crippen molar-refractivity contribution in [3.63, 3.8) is 0 Å². The summed E-state index contributed by atoms with van der Waals surface area (Å²) in [6.07, 6.45) is 5.47. The number of nitrogens with zero attached hydrogens (tertiary/aromatic N) is 2. The third kappa shape index (κ3) is 2.26. The van der Waals surface area contributed by atoms with E-state index in [2.05, 4.69) is 29.1 Å². The molecule has 0 radical (unpaired) electrons. The lowest BCUT2D eigenvalue weighted by molar-refractivity contribution is 0.391. The zero-order valence-corrected chi connectivity index (χ0v) is 9.98. The van der Waals surface area contributed by atoms with Crippen LogP contribution in [0.3, 0.4) is 0 Å². The summed E-state index contributed by atoms with van der Waals surface area (Å²) >= 11 is 0. The van der Waals surface area contributed by atoms with Gasteiger partial charge in [-0.25, -0.2) is 4.98 Å². The van der Waals surface area contributed by atoms with Crippen LogP contribution >= 0.6 is 0 Å². The van der Waals surface area contributed by atoms with E-state index in [4.69, 9.17) is 5.73 Å². The molecule has 1 aromatic rings. The highest BCUT2D eigenvalue weighted by Gasteiger charge is 2.31. The summed E-state index contributed by atoms with van der Waals surface area (Å²) in [6, 6.07) is 2.20. The minimum absolute atomic E-state index is 0.492. The molecule has 0 bridgehead atoms. The van der Waals surface area contributed by atoms with Crippen LogP contribution in [0.1, 0.15) is 33.1 Å². The SMILES string of the molecule is CCC1CCC(Nc2nccc(N)n2)C1C. The second kappa shape index (κ2) is 4.68. The van der Waals surface area contributed by atoms with Gasteiger partial charge in [0.1, 0.15) is 5.82 Å². The maximum atomic E-state index is 5.63. The number of hydrogen-bond donors (Lipinski definition) is 2. The topological polar surface area (TPSA) is 63.8 Å². The van der Waals surface area contributed by atoms with E-state index >= 15 is 0 Å². The highest BCUT2D eigenvalue weighted by atomic mass is 15.1. The van der Waals surface area contributed by atoms with Gasteiger partial charge in [0.2, 0.25) is 5.95 Å². The van der Waals surface area contributed by atoms with E-state index in [0.717, 1.165) is 5.92 Å². The first-order chi connectivity index (χ1) is 7.70. The van der Waals surface area contributed by atoms with Crippen LogP contribution in [0.4, 0.5) is 11.8 Å². The van der Waals surface area contributed by atoms with Gasteiger partial charge in [0.15, 0.2) is 0 Å². The van der Waals surface area contributed by atoms with Crippen molar-refractivity contribution in [1.29, 1.82) is 0 Å². The molecule has 0 amide bonds. The smallest absolute Gasteiger partial charge is 0.224 e. The number of hydrogen-bond acceptors (Lipinski definition) is 4. The first-order valence-corrected chi connectivity index (χ1v) is 6.05. The average molecular weight is 220 g/mol. The van der Waals surface area contributed by atoms with E-state index in [1.165, 1.54) is 19.3 Å². The molecule has 0 aliphatic heterocycles. The molecule has 0 spiro atoms. The van der Waals surface area contributed by atoms with Crippen molar-refractivity contribution in [3.05, 3.63) is 12.3 Å². The highest BCUT2D eigenvalue weighted by Crippen LogP contribution is 2.35. The molecule has 3 N–H and O–H groups in total. The molecule has 0 aromatic carbocycles. The molecule has 4 heteroatoms. The van der Waals surface area contributed by atoms with Crippen molar-refractivity contribution in [2.24, 2.45) is 11.8 Å². The van der Waals surface area contributed by atoms with E-state index in [9.17, 15) is 0 Å². The van der Waals surface area contributed by atoms with Gasteiger partial charge in [-0.1, -0.05) is 20.3 Å². The van der Waals surface area contributed by atoms with E-state index in [-0.39, 0.29) is 0 Å². The number of aromatic nitrogens is 2. The van der Waals surface area contributed by atoms with Crippen LogP contribution in [-0.4, -0.2) is 16.0 Å². The molecule has 1 aliphatic carbocycles. The number of nitrogens with two attached hydrogens (primary N) is 1. The molecular formula is C12H20N4. The van der Waals surface area contributed by atoms with E-state index < -0.39 is 0 Å². The normalized spacial score (nSPS) is 29.2. The van der Waals surface area contributed by atoms with Crippen LogP contribution in [0.2, 0.25) is 0 Å². The van der Waals surface area contributed by atoms with Crippen LogP contribution in [0, 0.1) is 11.8 Å². The second-order valence-electron chi connectivity index (χ2n) is 4.66. The zero-order valence-electron chi connectivity index (χ0n) is 9.98. The first-order valence-electron chi connectivity index (χ1n) is 6.05. The number of nitrogens with one attached hydrogen (secondary N) is 1. The van der Waals surface area contributed by atoms with Crippen molar-refractivity contribution in [3.8, 4) is 0 Å². The van der Waals surface area contributed by atoms with Crippen molar-refractivity contribution in [2.75, 3.05) is 11.1 Å². The molecule has 1 saturated carbocycles. The van der Waals surface area contributed by atoms with Crippen molar-refractivity contribution < 1.29 is 0 Å². The van der Waals surface area contributed by atoms with Gasteiger partial charge >= 0.3 is 0 Å². The molecule has 16 heavy (non-hydrogen) atoms. The number of nitrogen functional groups attached to an aromatic ring is 1. The summed E-state index contributed by atoms with van der Waals surface area (Å²) in [5, 5.41) is 3.39. The molecular weight excluding hydrogens is 200 g/mol. The molecule has 1 heterocycles. The summed E-state index contributed by atoms with van der Waals surface area (Å²) in [5.41, 5.74) is 5.63. The third-order valence-electron chi connectivity index (χ3n) is 3.74. The van der Waals surface area contributed by atoms with Crippen LogP contribution in [0.5, 0.6) is 0 Å². The molecule has 1 aliphatic rings. The van der Waals surface area contributed by atoms with Gasteiger partial charge < -0.3 is 11.1 Å². The molecule has 0 saturated heterocycles. The Morgan fingerprint density at radius 2 is 2.31 bits per heavy atom. The van der Waals surface area contributed by atoms with Gasteiger partial charge in [-0.05, 0) is 30.7 Å². The van der Waals surface area contributed by atoms with E-state index in [1.54, 1.807) is 12.3 Å². The van der Waals surface area contributed by atoms with Gasteiger partial charge in [0, 0.05) is 12.2 Å². The summed E-state index contributed by atoms with van der Waals surface area (Å²) in [5.74, 6) is 2.71. The van der Waals surface area contributed by atoms with Crippen LogP contribution < -0.4 is 11.1 Å². The monoisotopic (exact) mass is 220 g/mol. The lowest BCUT2D eigenvalue weighted by Gasteiger charge is -2.20. The maximum absolute atomic E-state index is 5.63. The second-order valence-corrected chi connectivity index (χ2v) is 4.66. The Labute approximate surface area is 96.7 Å². The Hall–Kier alpha value is -1.32. The average Bonchev–Trinajstić information content (AvgIpc) is 2.60. The zero-order chi connectivity index (χ0) is 11.5. The Kier molecular flexibility index (Phi) is 3.27. The standard InChI is InChI=1S/C12H20N4/c1-3-9-4-5-10(8(9)2)15-12-14-7-6-11(13)16-12/h6-10H,3-5H2,1-2H3,(H3,13,14,15,16). The summed E-state index contributed by atoms with van der Waals surface area (Å²) in [6.45, 7) is 4.58. The molecule has 3 atom stereocenters. The van der Waals surface area contributed by atoms with Crippen LogP contribution in [0.25, 0.3) is 0 Å². The van der Waals surface area contributed by atoms with Gasteiger partial charge in [-0.3, -0.25) is 0 Å². The molecule has 1 aromatic heterocycles. The molecule has 1 fully saturated rings. The Balaban J connectivity index is 2.00. The molecule has 88 valence electrons. The number of rotatable bonds is 3. The highest BCUT2D eigenvalue weighted by molar-refractivity contribution is 5.36. The van der Waals surface area contributed by atoms with Gasteiger partial charge in [-0.2, -0.15) is 4.98 Å². The summed E-state index contributed by atoms with van der Waals surface area (Å²) in [7, 11) is 0. The van der Waals surface area contributed by atoms with E-state index in [0.29, 0.717) is 23.7 Å². The van der Waals surface area contributed by atoms with Crippen molar-refractivity contribution >= 4 is 11.8 Å². The van der Waals surface area contributed by atoms with Gasteiger partial charge in [0.05, 0.1) is 0 Å². The minimum Gasteiger partial charge on any atom is -0.384 e. The number of anilines is 2. The van der Waals surface area contributed by atoms with E-state index in [1.807, 2.05) is 0 Å². The molecule has 4 nitrogen and oxygen atoms in total. The quantitative estimate of drug-likeness (QED) is 0.820. The van der Waals surface area contributed by atoms with Crippen LogP contribution in [0.15, 0.2) is 12.3 Å². The Bertz CT molecular complexity index is 353. The third-order valence-corrected chi connectivity index (χ3v) is 3.74. The maximum Gasteiger partial charge on any atom is 0.224 e. The minimum atomic E-state index is 0.492. The predicted octanol–water partition coefficient (Wildman–Crippen LogP) is 2.30. The van der Waals surface area contributed by atoms with Crippen molar-refractivity contribution in [2.45, 2.75) is 39.2 Å². The van der Waals surface area contributed by atoms with Gasteiger partial charge in [0.25, 0.3) is 0 Å². The predicted molar refractivity (Wildman–Crippen MR) is 66.0 cm³/mol. The first kappa shape index (κ1) is 11.2. The summed E-state index contributed by atoms with van der Waals surface area (Å²) < 4.78 is 0. The fourth-order valence-electron chi connectivity index (χ4n) is 2.64.